The van der Waals surface area contributed by atoms with E-state index < -0.39 is 0 Å². The Kier molecular flexibility index (Phi) is 3.08. The van der Waals surface area contributed by atoms with Crippen LogP contribution in [0.1, 0.15) is 29.7 Å². The minimum atomic E-state index is 0.216. The second kappa shape index (κ2) is 4.33. The molecule has 2 rings (SSSR count). The maximum absolute atomic E-state index is 5.95. The number of benzene rings is 1. The van der Waals surface area contributed by atoms with Crippen molar-refractivity contribution < 1.29 is 4.74 Å². The molecule has 0 aromatic heterocycles. The van der Waals surface area contributed by atoms with Crippen molar-refractivity contribution in [2.24, 2.45) is 0 Å². The third-order valence-electron chi connectivity index (χ3n) is 2.94. The first-order valence-electron chi connectivity index (χ1n) is 5.60. The Morgan fingerprint density at radius 2 is 2.07 bits per heavy atom. The Hall–Kier alpha value is -0.860. The Morgan fingerprint density at radius 3 is 2.80 bits per heavy atom. The van der Waals surface area contributed by atoms with E-state index in [0.717, 1.165) is 13.1 Å². The molecule has 1 saturated heterocycles. The van der Waals surface area contributed by atoms with E-state index in [1.165, 1.54) is 16.7 Å². The zero-order valence-corrected chi connectivity index (χ0v) is 9.71. The fraction of sp³-hybridized carbons (Fsp3) is 0.538. The van der Waals surface area contributed by atoms with Gasteiger partial charge in [0.05, 0.1) is 12.2 Å². The molecule has 2 atom stereocenters. The van der Waals surface area contributed by atoms with Crippen LogP contribution in [0.25, 0.3) is 0 Å². The predicted octanol–water partition coefficient (Wildman–Crippen LogP) is 2.35. The zero-order chi connectivity index (χ0) is 10.8. The molecular weight excluding hydrogens is 186 g/mol. The number of ether oxygens (including phenoxy) is 1. The van der Waals surface area contributed by atoms with E-state index >= 15 is 0 Å². The molecule has 0 amide bonds. The van der Waals surface area contributed by atoms with E-state index in [9.17, 15) is 0 Å². The van der Waals surface area contributed by atoms with Crippen molar-refractivity contribution in [3.8, 4) is 0 Å². The van der Waals surface area contributed by atoms with E-state index in [4.69, 9.17) is 4.74 Å². The van der Waals surface area contributed by atoms with Crippen LogP contribution < -0.4 is 5.32 Å². The van der Waals surface area contributed by atoms with Gasteiger partial charge >= 0.3 is 0 Å². The van der Waals surface area contributed by atoms with Gasteiger partial charge in [0, 0.05) is 13.1 Å². The monoisotopic (exact) mass is 205 g/mol. The van der Waals surface area contributed by atoms with Crippen molar-refractivity contribution in [3.05, 3.63) is 34.9 Å². The number of hydrogen-bond acceptors (Lipinski definition) is 2. The van der Waals surface area contributed by atoms with Gasteiger partial charge < -0.3 is 10.1 Å². The first-order valence-corrected chi connectivity index (χ1v) is 5.60. The Bertz CT molecular complexity index is 348. The van der Waals surface area contributed by atoms with E-state index in [0.29, 0.717) is 6.10 Å². The molecule has 1 aromatic carbocycles. The largest absolute Gasteiger partial charge is 0.368 e. The van der Waals surface area contributed by atoms with E-state index in [1.807, 2.05) is 0 Å². The average Bonchev–Trinajstić information content (AvgIpc) is 2.22. The van der Waals surface area contributed by atoms with Gasteiger partial charge in [-0.25, -0.2) is 0 Å². The number of hydrogen-bond donors (Lipinski definition) is 1. The maximum Gasteiger partial charge on any atom is 0.0956 e. The number of nitrogens with one attached hydrogen (secondary N) is 1. The highest BCUT2D eigenvalue weighted by atomic mass is 16.5. The van der Waals surface area contributed by atoms with Crippen LogP contribution in [0.3, 0.4) is 0 Å². The summed E-state index contributed by atoms with van der Waals surface area (Å²) < 4.78 is 5.95. The summed E-state index contributed by atoms with van der Waals surface area (Å²) in [4.78, 5) is 0. The molecule has 1 N–H and O–H groups in total. The minimum Gasteiger partial charge on any atom is -0.368 e. The quantitative estimate of drug-likeness (QED) is 0.760. The molecule has 2 unspecified atom stereocenters. The van der Waals surface area contributed by atoms with Crippen LogP contribution in [-0.4, -0.2) is 19.2 Å². The van der Waals surface area contributed by atoms with Crippen molar-refractivity contribution in [1.82, 2.24) is 5.32 Å². The van der Waals surface area contributed by atoms with Gasteiger partial charge in [0.2, 0.25) is 0 Å². The van der Waals surface area contributed by atoms with Gasteiger partial charge in [0.15, 0.2) is 0 Å². The van der Waals surface area contributed by atoms with E-state index in [2.05, 4.69) is 44.3 Å². The molecule has 1 aromatic rings. The van der Waals surface area contributed by atoms with Crippen molar-refractivity contribution in [1.29, 1.82) is 0 Å². The van der Waals surface area contributed by atoms with Gasteiger partial charge in [-0.05, 0) is 31.9 Å². The van der Waals surface area contributed by atoms with Gasteiger partial charge in [-0.3, -0.25) is 0 Å². The lowest BCUT2D eigenvalue weighted by Gasteiger charge is -2.30. The summed E-state index contributed by atoms with van der Waals surface area (Å²) in [6.07, 6.45) is 0.525. The topological polar surface area (TPSA) is 21.3 Å². The number of rotatable bonds is 1. The van der Waals surface area contributed by atoms with Crippen LogP contribution in [0, 0.1) is 13.8 Å². The first kappa shape index (κ1) is 10.7. The molecular formula is C13H19NO. The van der Waals surface area contributed by atoms with Crippen LogP contribution in [0.4, 0.5) is 0 Å². The Balaban J connectivity index is 2.24. The second-order valence-corrected chi connectivity index (χ2v) is 4.45. The highest BCUT2D eigenvalue weighted by molar-refractivity contribution is 5.32. The molecule has 2 heteroatoms. The molecule has 15 heavy (non-hydrogen) atoms. The molecule has 1 heterocycles. The van der Waals surface area contributed by atoms with Crippen LogP contribution in [0.2, 0.25) is 0 Å². The minimum absolute atomic E-state index is 0.216. The predicted molar refractivity (Wildman–Crippen MR) is 62.1 cm³/mol. The lowest BCUT2D eigenvalue weighted by atomic mass is 10.00. The molecule has 0 saturated carbocycles. The lowest BCUT2D eigenvalue weighted by Crippen LogP contribution is -2.39. The summed E-state index contributed by atoms with van der Waals surface area (Å²) >= 11 is 0. The molecule has 0 aliphatic carbocycles. The lowest BCUT2D eigenvalue weighted by molar-refractivity contribution is -0.0290. The summed E-state index contributed by atoms with van der Waals surface area (Å²) in [7, 11) is 0. The van der Waals surface area contributed by atoms with E-state index in [-0.39, 0.29) is 6.10 Å². The van der Waals surface area contributed by atoms with Gasteiger partial charge in [0.1, 0.15) is 0 Å². The number of morpholine rings is 1. The summed E-state index contributed by atoms with van der Waals surface area (Å²) in [5.74, 6) is 0. The highest BCUT2D eigenvalue weighted by Gasteiger charge is 2.21. The fourth-order valence-electron chi connectivity index (χ4n) is 2.08. The normalized spacial score (nSPS) is 26.6. The highest BCUT2D eigenvalue weighted by Crippen LogP contribution is 2.25. The molecule has 0 radical (unpaired) electrons. The number of aryl methyl sites for hydroxylation is 2. The van der Waals surface area contributed by atoms with Crippen LogP contribution in [0.5, 0.6) is 0 Å². The van der Waals surface area contributed by atoms with Gasteiger partial charge in [-0.15, -0.1) is 0 Å². The van der Waals surface area contributed by atoms with Crippen molar-refractivity contribution >= 4 is 0 Å². The van der Waals surface area contributed by atoms with Crippen LogP contribution >= 0.6 is 0 Å². The third-order valence-corrected chi connectivity index (χ3v) is 2.94. The Labute approximate surface area is 91.6 Å². The molecule has 2 nitrogen and oxygen atoms in total. The zero-order valence-electron chi connectivity index (χ0n) is 9.71. The van der Waals surface area contributed by atoms with Crippen LogP contribution in [0.15, 0.2) is 18.2 Å². The standard InChI is InChI=1S/C13H19NO/c1-9-4-5-10(2)12(6-9)13-8-14-7-11(3)15-13/h4-6,11,13-14H,7-8H2,1-3H3. The second-order valence-electron chi connectivity index (χ2n) is 4.45. The molecule has 82 valence electrons. The third kappa shape index (κ3) is 2.39. The molecule has 0 spiro atoms. The molecule has 1 aliphatic heterocycles. The first-order chi connectivity index (χ1) is 7.16. The maximum atomic E-state index is 5.95. The van der Waals surface area contributed by atoms with Crippen molar-refractivity contribution in [2.75, 3.05) is 13.1 Å². The SMILES string of the molecule is Cc1ccc(C)c(C2CNCC(C)O2)c1. The van der Waals surface area contributed by atoms with Gasteiger partial charge in [-0.1, -0.05) is 23.8 Å². The fourth-order valence-corrected chi connectivity index (χ4v) is 2.08. The molecule has 1 fully saturated rings. The van der Waals surface area contributed by atoms with Gasteiger partial charge in [0.25, 0.3) is 0 Å². The molecule has 1 aliphatic rings. The average molecular weight is 205 g/mol. The summed E-state index contributed by atoms with van der Waals surface area (Å²) in [6, 6.07) is 6.56. The van der Waals surface area contributed by atoms with Crippen LogP contribution in [-0.2, 0) is 4.74 Å². The summed E-state index contributed by atoms with van der Waals surface area (Å²) in [5, 5.41) is 3.40. The smallest absolute Gasteiger partial charge is 0.0956 e. The van der Waals surface area contributed by atoms with Gasteiger partial charge in [-0.2, -0.15) is 0 Å². The summed E-state index contributed by atoms with van der Waals surface area (Å²) in [6.45, 7) is 8.28. The van der Waals surface area contributed by atoms with Crippen molar-refractivity contribution in [3.63, 3.8) is 0 Å². The van der Waals surface area contributed by atoms with E-state index in [1.54, 1.807) is 0 Å². The van der Waals surface area contributed by atoms with Crippen molar-refractivity contribution in [2.45, 2.75) is 33.0 Å². The summed E-state index contributed by atoms with van der Waals surface area (Å²) in [5.41, 5.74) is 3.95. The Morgan fingerprint density at radius 1 is 1.27 bits per heavy atom. The molecule has 0 bridgehead atoms.